The maximum absolute atomic E-state index is 12.4. The highest BCUT2D eigenvalue weighted by atomic mass is 32.2. The number of hydrogen-bond acceptors (Lipinski definition) is 20. The van der Waals surface area contributed by atoms with E-state index in [1.807, 2.05) is 62.9 Å². The molecule has 27 nitrogen and oxygen atoms in total. The molecule has 1 saturated heterocycles. The first-order chi connectivity index (χ1) is 47.7. The van der Waals surface area contributed by atoms with E-state index < -0.39 is 40.5 Å². The van der Waals surface area contributed by atoms with Crippen molar-refractivity contribution in [2.45, 2.75) is 94.0 Å². The van der Waals surface area contributed by atoms with Crippen LogP contribution in [0.25, 0.3) is 54.7 Å². The van der Waals surface area contributed by atoms with Crippen LogP contribution in [0.2, 0.25) is 0 Å². The Balaban J connectivity index is 0.000000189. The van der Waals surface area contributed by atoms with E-state index in [2.05, 4.69) is 128 Å². The molecule has 0 radical (unpaired) electrons. The summed E-state index contributed by atoms with van der Waals surface area (Å²) in [6.45, 7) is 21.1. The molecule has 4 aromatic carbocycles. The van der Waals surface area contributed by atoms with Gasteiger partial charge in [0, 0.05) is 123 Å². The van der Waals surface area contributed by atoms with Crippen molar-refractivity contribution in [3.8, 4) is 35.6 Å². The molecular weight excluding hydrogens is 1370 g/mol. The number of rotatable bonds is 22. The number of nitrogens with one attached hydrogen (secondary N) is 6. The van der Waals surface area contributed by atoms with Crippen LogP contribution in [0.4, 0.5) is 17.2 Å². The third kappa shape index (κ3) is 23.3. The van der Waals surface area contributed by atoms with Crippen molar-refractivity contribution in [1.29, 1.82) is 10.5 Å². The summed E-state index contributed by atoms with van der Waals surface area (Å²) in [6.07, 6.45) is 18.9. The van der Waals surface area contributed by atoms with Gasteiger partial charge in [0.15, 0.2) is 0 Å². The summed E-state index contributed by atoms with van der Waals surface area (Å²) in [4.78, 5) is 42.8. The SMILES string of the molecule is C#Cc1cnc2cc(C)c(C)cc2c1NCCCCNS(N)(=O)=O.Cc1cc2ncc(C#N)c(-c3ccc(CNS(N)(=O)=O)nc3)c2cc1C.Cc1cc2ncc(C#N)c(NCCCNS(C)(=O)=O)c2cc1C.Cc1cc2ncnc(N3CCCN(C(=O)CCNS(C)(=O)=O)CC3)c2cc1C. The fourth-order valence-electron chi connectivity index (χ4n) is 10.8. The minimum Gasteiger partial charge on any atom is -0.383 e. The van der Waals surface area contributed by atoms with E-state index in [1.54, 1.807) is 43.2 Å². The quantitative estimate of drug-likeness (QED) is 0.0245. The first kappa shape index (κ1) is 78.9. The molecule has 101 heavy (non-hydrogen) atoms. The van der Waals surface area contributed by atoms with Gasteiger partial charge in [-0.05, 0) is 180 Å². The molecule has 0 saturated carbocycles. The minimum atomic E-state index is -3.77. The first-order valence-electron chi connectivity index (χ1n) is 32.2. The Kier molecular flexibility index (Phi) is 27.5. The Hall–Kier alpha value is -9.43. The molecule has 10 N–H and O–H groups in total. The lowest BCUT2D eigenvalue weighted by atomic mass is 9.95. The van der Waals surface area contributed by atoms with Crippen LogP contribution < -0.4 is 44.7 Å². The van der Waals surface area contributed by atoms with Crippen molar-refractivity contribution < 1.29 is 38.5 Å². The van der Waals surface area contributed by atoms with E-state index in [9.17, 15) is 49.0 Å². The van der Waals surface area contributed by atoms with Crippen LogP contribution in [0, 0.1) is 90.4 Å². The van der Waals surface area contributed by atoms with Crippen LogP contribution in [0.1, 0.15) is 99.0 Å². The largest absolute Gasteiger partial charge is 0.383 e. The molecule has 534 valence electrons. The Morgan fingerprint density at radius 2 is 0.970 bits per heavy atom. The summed E-state index contributed by atoms with van der Waals surface area (Å²) < 4.78 is 97.2. The van der Waals surface area contributed by atoms with Crippen LogP contribution in [0.15, 0.2) is 91.8 Å². The standard InChI is InChI=1S/C19H27N5O3S.C18H17N5O2S.C17H22N4O2S.C16H20N4O2S/c1-14-11-16-17(12-15(14)2)20-13-21-19(16)24-8-4-7-23(9-10-24)18(25)5-6-22-28(3,26)27;1-11-5-16-17(6-12(11)2)22-9-14(7-19)18(16)13-3-4-15(21-8-13)10-23-26(20,24)25;1-4-14-11-20-16-10-13(3)12(2)9-15(16)17(14)19-7-5-6-8-21-24(18,22)23;1-11-7-14-15(8-12(11)2)19-10-13(9-17)16(14)18-5-4-6-20-23(3,21)22/h11-13,22H,4-10H2,1-3H3;3-6,8-9,23H,10H2,1-2H3,(H2,20,24,25);1,9-11,21H,5-8H2,2-3H3,(H,19,20)(H2,18,22,23);7-8,10,20H,4-6H2,1-3H3,(H,18,19). The van der Waals surface area contributed by atoms with Gasteiger partial charge in [-0.2, -0.15) is 32.1 Å². The fourth-order valence-corrected chi connectivity index (χ4v) is 12.6. The van der Waals surface area contributed by atoms with Gasteiger partial charge < -0.3 is 20.4 Å². The molecule has 1 aliphatic rings. The highest BCUT2D eigenvalue weighted by Gasteiger charge is 2.23. The summed E-state index contributed by atoms with van der Waals surface area (Å²) in [7, 11) is -13.8. The van der Waals surface area contributed by atoms with E-state index in [1.165, 1.54) is 22.3 Å². The van der Waals surface area contributed by atoms with Crippen molar-refractivity contribution in [2.75, 3.05) is 86.9 Å². The fraction of sp³-hybridized carbons (Fsp3) is 0.357. The summed E-state index contributed by atoms with van der Waals surface area (Å²) >= 11 is 0. The van der Waals surface area contributed by atoms with Gasteiger partial charge >= 0.3 is 0 Å². The smallest absolute Gasteiger partial charge is 0.274 e. The van der Waals surface area contributed by atoms with Crippen LogP contribution in [0.3, 0.4) is 0 Å². The number of aryl methyl sites for hydroxylation is 8. The normalized spacial score (nSPS) is 12.6. The number of nitrogens with zero attached hydrogens (tertiary/aromatic N) is 10. The topological polar surface area (TPSA) is 409 Å². The Morgan fingerprint density at radius 3 is 1.50 bits per heavy atom. The molecule has 0 atom stereocenters. The molecule has 1 aliphatic heterocycles. The van der Waals surface area contributed by atoms with E-state index in [4.69, 9.17) is 16.7 Å². The summed E-state index contributed by atoms with van der Waals surface area (Å²) in [5.41, 5.74) is 18.1. The number of hydrogen-bond donors (Lipinski definition) is 8. The predicted molar refractivity (Wildman–Crippen MR) is 399 cm³/mol. The molecule has 1 fully saturated rings. The third-order valence-corrected chi connectivity index (χ3v) is 19.3. The zero-order valence-corrected chi connectivity index (χ0v) is 61.5. The molecule has 10 rings (SSSR count). The molecule has 9 aromatic rings. The Morgan fingerprint density at radius 1 is 0.505 bits per heavy atom. The number of anilines is 3. The van der Waals surface area contributed by atoms with E-state index in [0.717, 1.165) is 126 Å². The number of carbonyl (C=O) groups is 1. The van der Waals surface area contributed by atoms with Crippen LogP contribution in [-0.4, -0.2) is 146 Å². The highest BCUT2D eigenvalue weighted by Crippen LogP contribution is 2.34. The lowest BCUT2D eigenvalue weighted by Crippen LogP contribution is -2.37. The van der Waals surface area contributed by atoms with Gasteiger partial charge in [-0.25, -0.2) is 51.2 Å². The van der Waals surface area contributed by atoms with Gasteiger partial charge in [-0.15, -0.1) is 6.42 Å². The Bertz CT molecular complexity index is 5140. The van der Waals surface area contributed by atoms with E-state index >= 15 is 0 Å². The predicted octanol–water partition coefficient (Wildman–Crippen LogP) is 7.20. The maximum atomic E-state index is 12.4. The summed E-state index contributed by atoms with van der Waals surface area (Å²) in [5.74, 6) is 3.53. The van der Waals surface area contributed by atoms with Crippen molar-refractivity contribution in [3.05, 3.63) is 159 Å². The number of sulfonamides is 2. The molecule has 31 heteroatoms. The van der Waals surface area contributed by atoms with Crippen molar-refractivity contribution in [1.82, 2.24) is 53.7 Å². The van der Waals surface area contributed by atoms with Gasteiger partial charge in [0.1, 0.15) is 24.3 Å². The highest BCUT2D eigenvalue weighted by molar-refractivity contribution is 7.89. The third-order valence-electron chi connectivity index (χ3n) is 16.7. The average Bonchev–Trinajstić information content (AvgIpc) is 1.06. The van der Waals surface area contributed by atoms with E-state index in [-0.39, 0.29) is 25.4 Å². The number of terminal acetylenes is 1. The average molecular weight is 1450 g/mol. The molecule has 0 aliphatic carbocycles. The number of nitriles is 2. The number of aromatic nitrogens is 6. The van der Waals surface area contributed by atoms with Gasteiger partial charge in [0.2, 0.25) is 26.0 Å². The number of pyridine rings is 4. The van der Waals surface area contributed by atoms with E-state index in [0.29, 0.717) is 81.0 Å². The summed E-state index contributed by atoms with van der Waals surface area (Å²) in [5, 5.41) is 39.0. The van der Waals surface area contributed by atoms with Crippen LogP contribution >= 0.6 is 0 Å². The molecule has 5 aromatic heterocycles. The van der Waals surface area contributed by atoms with Crippen molar-refractivity contribution in [2.24, 2.45) is 10.3 Å². The minimum absolute atomic E-state index is 0.000381. The second-order valence-corrected chi connectivity index (χ2v) is 31.0. The van der Waals surface area contributed by atoms with Gasteiger partial charge in [0.05, 0.1) is 74.9 Å². The molecule has 0 unspecified atom stereocenters. The second-order valence-electron chi connectivity index (χ2n) is 24.6. The molecule has 0 bridgehead atoms. The maximum Gasteiger partial charge on any atom is 0.274 e. The molecule has 6 heterocycles. The molecular formula is C70H86N18O9S4. The zero-order chi connectivity index (χ0) is 74.0. The van der Waals surface area contributed by atoms with Crippen molar-refractivity contribution >= 4 is 107 Å². The summed E-state index contributed by atoms with van der Waals surface area (Å²) in [6, 6.07) is 24.2. The Labute approximate surface area is 591 Å². The molecule has 0 spiro atoms. The lowest BCUT2D eigenvalue weighted by Gasteiger charge is -2.24. The number of unbranched alkanes of at least 4 members (excludes halogenated alkanes) is 1. The number of amides is 1. The number of benzene rings is 4. The van der Waals surface area contributed by atoms with Crippen LogP contribution in [-0.2, 0) is 51.8 Å². The first-order valence-corrected chi connectivity index (χ1v) is 39.1. The van der Waals surface area contributed by atoms with Crippen LogP contribution in [0.5, 0.6) is 0 Å². The van der Waals surface area contributed by atoms with Gasteiger partial charge in [-0.1, -0.05) is 12.0 Å². The van der Waals surface area contributed by atoms with Crippen molar-refractivity contribution in [3.63, 3.8) is 0 Å². The number of fused-ring (bicyclic) bond motifs is 4. The lowest BCUT2D eigenvalue weighted by molar-refractivity contribution is -0.130. The number of nitrogens with two attached hydrogens (primary N) is 2. The van der Waals surface area contributed by atoms with Gasteiger partial charge in [0.25, 0.3) is 20.4 Å². The number of carbonyl (C=O) groups excluding carboxylic acids is 1. The second kappa shape index (κ2) is 35.3. The monoisotopic (exact) mass is 1450 g/mol. The van der Waals surface area contributed by atoms with Gasteiger partial charge in [-0.3, -0.25) is 24.7 Å². The molecule has 1 amide bonds. The zero-order valence-electron chi connectivity index (χ0n) is 58.3.